The molecule has 0 saturated heterocycles. The lowest BCUT2D eigenvalue weighted by Crippen LogP contribution is -2.25. The van der Waals surface area contributed by atoms with Crippen molar-refractivity contribution in [2.24, 2.45) is 5.73 Å². The molecular weight excluding hydrogens is 316 g/mol. The van der Waals surface area contributed by atoms with Crippen molar-refractivity contribution >= 4 is 5.91 Å². The normalized spacial score (nSPS) is 10.6. The van der Waals surface area contributed by atoms with Crippen molar-refractivity contribution in [1.29, 1.82) is 0 Å². The number of nitrogens with one attached hydrogen (secondary N) is 1. The van der Waals surface area contributed by atoms with Gasteiger partial charge in [0.2, 0.25) is 5.89 Å². The van der Waals surface area contributed by atoms with Gasteiger partial charge in [-0.05, 0) is 23.3 Å². The smallest absolute Gasteiger partial charge is 0.251 e. The van der Waals surface area contributed by atoms with Crippen LogP contribution in [0.1, 0.15) is 33.2 Å². The molecule has 0 aliphatic heterocycles. The van der Waals surface area contributed by atoms with Crippen LogP contribution in [0.3, 0.4) is 0 Å². The maximum absolute atomic E-state index is 12.1. The van der Waals surface area contributed by atoms with Crippen LogP contribution >= 0.6 is 0 Å². The Kier molecular flexibility index (Phi) is 5.53. The lowest BCUT2D eigenvalue weighted by atomic mass is 10.1. The fourth-order valence-corrected chi connectivity index (χ4v) is 2.42. The maximum atomic E-state index is 12.1. The van der Waals surface area contributed by atoms with E-state index in [1.807, 2.05) is 42.5 Å². The van der Waals surface area contributed by atoms with E-state index in [9.17, 15) is 4.79 Å². The minimum Gasteiger partial charge on any atom is -0.352 e. The number of carbonyl (C=O) groups excluding carboxylic acids is 1. The first kappa shape index (κ1) is 16.9. The van der Waals surface area contributed by atoms with Crippen molar-refractivity contribution in [2.45, 2.75) is 19.4 Å². The Morgan fingerprint density at radius 3 is 2.52 bits per heavy atom. The van der Waals surface area contributed by atoms with Gasteiger partial charge in [-0.2, -0.15) is 4.98 Å². The molecule has 1 heterocycles. The lowest BCUT2D eigenvalue weighted by Gasteiger charge is -2.04. The highest BCUT2D eigenvalue weighted by atomic mass is 16.5. The Morgan fingerprint density at radius 1 is 1.04 bits per heavy atom. The third-order valence-electron chi connectivity index (χ3n) is 3.79. The molecule has 25 heavy (non-hydrogen) atoms. The average molecular weight is 336 g/mol. The second kappa shape index (κ2) is 8.21. The molecule has 0 aliphatic rings. The number of rotatable bonds is 7. The summed E-state index contributed by atoms with van der Waals surface area (Å²) in [6.07, 6.45) is 1.12. The van der Waals surface area contributed by atoms with Crippen LogP contribution < -0.4 is 11.1 Å². The van der Waals surface area contributed by atoms with E-state index in [0.717, 1.165) is 11.1 Å². The van der Waals surface area contributed by atoms with Gasteiger partial charge in [0.05, 0.1) is 0 Å². The van der Waals surface area contributed by atoms with Crippen LogP contribution in [0, 0.1) is 0 Å². The predicted octanol–water partition coefficient (Wildman–Crippen LogP) is 2.09. The highest BCUT2D eigenvalue weighted by Gasteiger charge is 2.09. The highest BCUT2D eigenvalue weighted by Crippen LogP contribution is 2.07. The summed E-state index contributed by atoms with van der Waals surface area (Å²) in [7, 11) is 0. The molecule has 0 radical (unpaired) electrons. The van der Waals surface area contributed by atoms with E-state index < -0.39 is 0 Å². The third kappa shape index (κ3) is 4.74. The zero-order valence-corrected chi connectivity index (χ0v) is 13.8. The van der Waals surface area contributed by atoms with E-state index >= 15 is 0 Å². The molecule has 128 valence electrons. The molecule has 6 heteroatoms. The Morgan fingerprint density at radius 2 is 1.80 bits per heavy atom. The number of aromatic nitrogens is 2. The first-order valence-corrected chi connectivity index (χ1v) is 8.17. The monoisotopic (exact) mass is 336 g/mol. The van der Waals surface area contributed by atoms with Gasteiger partial charge >= 0.3 is 0 Å². The van der Waals surface area contributed by atoms with Crippen LogP contribution in [0.15, 0.2) is 59.1 Å². The Labute approximate surface area is 146 Å². The Hall–Kier alpha value is -2.99. The third-order valence-corrected chi connectivity index (χ3v) is 3.79. The number of benzene rings is 2. The van der Waals surface area contributed by atoms with Gasteiger partial charge < -0.3 is 15.6 Å². The molecule has 3 aromatic rings. The van der Waals surface area contributed by atoms with E-state index in [4.69, 9.17) is 10.3 Å². The number of nitrogens with zero attached hydrogens (tertiary/aromatic N) is 2. The molecule has 3 rings (SSSR count). The van der Waals surface area contributed by atoms with Crippen LogP contribution in [0.4, 0.5) is 0 Å². The van der Waals surface area contributed by atoms with Crippen LogP contribution in [0.5, 0.6) is 0 Å². The van der Waals surface area contributed by atoms with Gasteiger partial charge in [-0.25, -0.2) is 0 Å². The van der Waals surface area contributed by atoms with E-state index in [0.29, 0.717) is 43.2 Å². The van der Waals surface area contributed by atoms with E-state index in [2.05, 4.69) is 15.5 Å². The molecule has 0 fully saturated rings. The van der Waals surface area contributed by atoms with Gasteiger partial charge in [0.1, 0.15) is 0 Å². The van der Waals surface area contributed by atoms with Crippen molar-refractivity contribution < 1.29 is 9.32 Å². The summed E-state index contributed by atoms with van der Waals surface area (Å²) < 4.78 is 5.23. The Balaban J connectivity index is 1.48. The summed E-state index contributed by atoms with van der Waals surface area (Å²) in [6, 6.07) is 17.2. The van der Waals surface area contributed by atoms with Crippen LogP contribution in [-0.2, 0) is 19.4 Å². The van der Waals surface area contributed by atoms with E-state index in [1.165, 1.54) is 0 Å². The highest BCUT2D eigenvalue weighted by molar-refractivity contribution is 5.94. The number of hydrogen-bond acceptors (Lipinski definition) is 5. The van der Waals surface area contributed by atoms with Gasteiger partial charge in [-0.3, -0.25) is 4.79 Å². The van der Waals surface area contributed by atoms with Gasteiger partial charge in [-0.1, -0.05) is 47.6 Å². The molecule has 0 aliphatic carbocycles. The second-order valence-corrected chi connectivity index (χ2v) is 5.67. The minimum atomic E-state index is -0.132. The zero-order chi connectivity index (χ0) is 17.5. The van der Waals surface area contributed by atoms with Crippen molar-refractivity contribution in [1.82, 2.24) is 15.5 Å². The first-order valence-electron chi connectivity index (χ1n) is 8.17. The molecule has 1 amide bonds. The van der Waals surface area contributed by atoms with Crippen molar-refractivity contribution in [3.05, 3.63) is 83.0 Å². The summed E-state index contributed by atoms with van der Waals surface area (Å²) in [4.78, 5) is 16.4. The van der Waals surface area contributed by atoms with Crippen molar-refractivity contribution in [2.75, 3.05) is 6.54 Å². The van der Waals surface area contributed by atoms with Crippen molar-refractivity contribution in [3.8, 4) is 0 Å². The van der Waals surface area contributed by atoms with Gasteiger partial charge in [-0.15, -0.1) is 0 Å². The SMILES string of the molecule is NCc1ccc(C(=O)NCCc2nc(Cc3ccccc3)no2)cc1. The molecule has 0 unspecified atom stereocenters. The summed E-state index contributed by atoms with van der Waals surface area (Å²) in [5, 5.41) is 6.82. The molecule has 0 saturated carbocycles. The largest absolute Gasteiger partial charge is 0.352 e. The zero-order valence-electron chi connectivity index (χ0n) is 13.8. The molecule has 0 spiro atoms. The molecule has 0 atom stereocenters. The van der Waals surface area contributed by atoms with Crippen LogP contribution in [0.2, 0.25) is 0 Å². The standard InChI is InChI=1S/C19H20N4O2/c20-13-15-6-8-16(9-7-15)19(24)21-11-10-18-22-17(23-25-18)12-14-4-2-1-3-5-14/h1-9H,10-13,20H2,(H,21,24). The topological polar surface area (TPSA) is 94.0 Å². The lowest BCUT2D eigenvalue weighted by molar-refractivity contribution is 0.0953. The number of carbonyl (C=O) groups is 1. The maximum Gasteiger partial charge on any atom is 0.251 e. The van der Waals surface area contributed by atoms with Crippen LogP contribution in [0.25, 0.3) is 0 Å². The molecule has 0 bridgehead atoms. The number of nitrogens with two attached hydrogens (primary N) is 1. The summed E-state index contributed by atoms with van der Waals surface area (Å²) in [5.74, 6) is 1.03. The number of hydrogen-bond donors (Lipinski definition) is 2. The predicted molar refractivity (Wildman–Crippen MR) is 93.9 cm³/mol. The van der Waals surface area contributed by atoms with Gasteiger partial charge in [0, 0.05) is 31.5 Å². The fourth-order valence-electron chi connectivity index (χ4n) is 2.42. The van der Waals surface area contributed by atoms with Crippen molar-refractivity contribution in [3.63, 3.8) is 0 Å². The second-order valence-electron chi connectivity index (χ2n) is 5.67. The van der Waals surface area contributed by atoms with Gasteiger partial charge in [0.25, 0.3) is 5.91 Å². The molecule has 2 aromatic carbocycles. The summed E-state index contributed by atoms with van der Waals surface area (Å²) in [5.41, 5.74) is 8.27. The van der Waals surface area contributed by atoms with Gasteiger partial charge in [0.15, 0.2) is 5.82 Å². The van der Waals surface area contributed by atoms with E-state index in [1.54, 1.807) is 12.1 Å². The summed E-state index contributed by atoms with van der Waals surface area (Å²) in [6.45, 7) is 0.898. The first-order chi connectivity index (χ1) is 12.2. The molecular formula is C19H20N4O2. The molecule has 6 nitrogen and oxygen atoms in total. The Bertz CT molecular complexity index is 813. The quantitative estimate of drug-likeness (QED) is 0.689. The summed E-state index contributed by atoms with van der Waals surface area (Å²) >= 11 is 0. The molecule has 1 aromatic heterocycles. The number of amides is 1. The average Bonchev–Trinajstić information content (AvgIpc) is 3.10. The fraction of sp³-hybridized carbons (Fsp3) is 0.211. The van der Waals surface area contributed by atoms with E-state index in [-0.39, 0.29) is 5.91 Å². The minimum absolute atomic E-state index is 0.132. The van der Waals surface area contributed by atoms with Crippen LogP contribution in [-0.4, -0.2) is 22.6 Å². The molecule has 3 N–H and O–H groups in total.